The number of benzene rings is 2. The van der Waals surface area contributed by atoms with Crippen LogP contribution >= 0.6 is 27.5 Å². The number of anilines is 2. The summed E-state index contributed by atoms with van der Waals surface area (Å²) in [5.41, 5.74) is 0.977. The zero-order chi connectivity index (χ0) is 17.5. The fraction of sp³-hybridized carbons (Fsp3) is 0.176. The second-order valence-corrected chi connectivity index (χ2v) is 6.21. The van der Waals surface area contributed by atoms with Gasteiger partial charge in [0.2, 0.25) is 5.91 Å². The molecule has 126 valence electrons. The summed E-state index contributed by atoms with van der Waals surface area (Å²) in [7, 11) is 0. The average molecular weight is 412 g/mol. The predicted molar refractivity (Wildman–Crippen MR) is 98.6 cm³/mol. The molecule has 0 fully saturated rings. The van der Waals surface area contributed by atoms with Crippen LogP contribution in [0.15, 0.2) is 46.9 Å². The van der Waals surface area contributed by atoms with E-state index < -0.39 is 0 Å². The van der Waals surface area contributed by atoms with Crippen LogP contribution in [0.2, 0.25) is 5.02 Å². The summed E-state index contributed by atoms with van der Waals surface area (Å²) in [6.45, 7) is 1.61. The van der Waals surface area contributed by atoms with Crippen LogP contribution in [0.25, 0.3) is 0 Å². The molecule has 2 aromatic rings. The molecule has 0 bridgehead atoms. The van der Waals surface area contributed by atoms with Gasteiger partial charge in [0.25, 0.3) is 5.91 Å². The zero-order valence-corrected chi connectivity index (χ0v) is 15.3. The molecular formula is C17H16BrClN2O3. The molecule has 2 N–H and O–H groups in total. The quantitative estimate of drug-likeness (QED) is 0.737. The Kier molecular flexibility index (Phi) is 6.63. The lowest BCUT2D eigenvalue weighted by atomic mass is 10.2. The first-order chi connectivity index (χ1) is 11.5. The van der Waals surface area contributed by atoms with Crippen LogP contribution in [0.5, 0.6) is 5.75 Å². The topological polar surface area (TPSA) is 67.4 Å². The van der Waals surface area contributed by atoms with Crippen molar-refractivity contribution in [3.05, 3.63) is 52.0 Å². The minimum absolute atomic E-state index is 0.117. The lowest BCUT2D eigenvalue weighted by Gasteiger charge is -2.11. The molecule has 0 aromatic heterocycles. The van der Waals surface area contributed by atoms with Gasteiger partial charge in [-0.3, -0.25) is 9.59 Å². The molecule has 2 aromatic carbocycles. The molecule has 0 atom stereocenters. The molecule has 0 aliphatic carbocycles. The summed E-state index contributed by atoms with van der Waals surface area (Å²) in [6.07, 6.45) is 0.366. The third-order valence-corrected chi connectivity index (χ3v) is 3.89. The number of amides is 2. The average Bonchev–Trinajstić information content (AvgIpc) is 2.57. The first kappa shape index (κ1) is 18.3. The van der Waals surface area contributed by atoms with Crippen molar-refractivity contribution in [1.29, 1.82) is 0 Å². The molecule has 0 unspecified atom stereocenters. The Labute approximate surface area is 153 Å². The van der Waals surface area contributed by atoms with Crippen LogP contribution in [0.3, 0.4) is 0 Å². The smallest absolute Gasteiger partial charge is 0.262 e. The van der Waals surface area contributed by atoms with Gasteiger partial charge in [-0.1, -0.05) is 34.5 Å². The van der Waals surface area contributed by atoms with Crippen molar-refractivity contribution in [2.75, 3.05) is 17.2 Å². The molecule has 0 saturated carbocycles. The highest BCUT2D eigenvalue weighted by atomic mass is 79.9. The van der Waals surface area contributed by atoms with E-state index >= 15 is 0 Å². The van der Waals surface area contributed by atoms with E-state index in [2.05, 4.69) is 26.6 Å². The first-order valence-electron chi connectivity index (χ1n) is 7.25. The number of hydrogen-bond acceptors (Lipinski definition) is 3. The summed E-state index contributed by atoms with van der Waals surface area (Å²) >= 11 is 9.40. The maximum absolute atomic E-state index is 12.0. The van der Waals surface area contributed by atoms with Gasteiger partial charge >= 0.3 is 0 Å². The van der Waals surface area contributed by atoms with Crippen LogP contribution in [-0.4, -0.2) is 18.4 Å². The van der Waals surface area contributed by atoms with Crippen LogP contribution in [0.4, 0.5) is 11.4 Å². The summed E-state index contributed by atoms with van der Waals surface area (Å²) < 4.78 is 6.33. The van der Waals surface area contributed by atoms with Gasteiger partial charge in [-0.15, -0.1) is 0 Å². The fourth-order valence-electron chi connectivity index (χ4n) is 1.81. The van der Waals surface area contributed by atoms with Crippen molar-refractivity contribution in [3.63, 3.8) is 0 Å². The van der Waals surface area contributed by atoms with E-state index in [1.54, 1.807) is 37.3 Å². The van der Waals surface area contributed by atoms with E-state index in [0.717, 1.165) is 4.47 Å². The molecule has 0 aliphatic rings. The van der Waals surface area contributed by atoms with Gasteiger partial charge in [0.15, 0.2) is 6.61 Å². The van der Waals surface area contributed by atoms with Crippen LogP contribution in [0, 0.1) is 0 Å². The third-order valence-electron chi connectivity index (χ3n) is 3.03. The van der Waals surface area contributed by atoms with Crippen LogP contribution < -0.4 is 15.4 Å². The van der Waals surface area contributed by atoms with E-state index in [1.165, 1.54) is 0 Å². The second-order valence-electron chi connectivity index (χ2n) is 4.89. The van der Waals surface area contributed by atoms with Crippen LogP contribution in [0.1, 0.15) is 13.3 Å². The Hall–Kier alpha value is -2.05. The number of nitrogens with one attached hydrogen (secondary N) is 2. The maximum atomic E-state index is 12.0. The van der Waals surface area contributed by atoms with Crippen LogP contribution in [-0.2, 0) is 9.59 Å². The molecule has 0 spiro atoms. The summed E-state index contributed by atoms with van der Waals surface area (Å²) in [6, 6.07) is 12.0. The molecule has 0 radical (unpaired) electrons. The van der Waals surface area contributed by atoms with Gasteiger partial charge < -0.3 is 15.4 Å². The minimum Gasteiger partial charge on any atom is -0.484 e. The van der Waals surface area contributed by atoms with E-state index in [0.29, 0.717) is 28.6 Å². The van der Waals surface area contributed by atoms with Gasteiger partial charge in [-0.05, 0) is 42.5 Å². The van der Waals surface area contributed by atoms with Crippen molar-refractivity contribution in [2.24, 2.45) is 0 Å². The molecule has 0 aliphatic heterocycles. The van der Waals surface area contributed by atoms with Gasteiger partial charge in [0, 0.05) is 16.6 Å². The molecule has 2 amide bonds. The Balaban J connectivity index is 1.96. The highest BCUT2D eigenvalue weighted by molar-refractivity contribution is 9.10. The van der Waals surface area contributed by atoms with Gasteiger partial charge in [0.05, 0.1) is 10.7 Å². The summed E-state index contributed by atoms with van der Waals surface area (Å²) in [4.78, 5) is 23.4. The van der Waals surface area contributed by atoms with Crippen molar-refractivity contribution >= 4 is 50.7 Å². The highest BCUT2D eigenvalue weighted by Crippen LogP contribution is 2.25. The predicted octanol–water partition coefficient (Wildman–Crippen LogP) is 4.47. The maximum Gasteiger partial charge on any atom is 0.262 e. The minimum atomic E-state index is -0.348. The van der Waals surface area contributed by atoms with Crippen molar-refractivity contribution in [2.45, 2.75) is 13.3 Å². The number of rotatable bonds is 6. The molecule has 0 saturated heterocycles. The number of halogens is 2. The number of ether oxygens (including phenoxy) is 1. The molecule has 2 rings (SSSR count). The number of hydrogen-bond donors (Lipinski definition) is 2. The Morgan fingerprint density at radius 2 is 1.79 bits per heavy atom. The lowest BCUT2D eigenvalue weighted by Crippen LogP contribution is -2.20. The lowest BCUT2D eigenvalue weighted by molar-refractivity contribution is -0.118. The van der Waals surface area contributed by atoms with Crippen molar-refractivity contribution in [1.82, 2.24) is 0 Å². The van der Waals surface area contributed by atoms with Crippen molar-refractivity contribution in [3.8, 4) is 5.75 Å². The van der Waals surface area contributed by atoms with Gasteiger partial charge in [-0.2, -0.15) is 0 Å². The first-order valence-corrected chi connectivity index (χ1v) is 8.42. The Morgan fingerprint density at radius 3 is 2.46 bits per heavy atom. The molecule has 5 nitrogen and oxygen atoms in total. The molecular weight excluding hydrogens is 396 g/mol. The van der Waals surface area contributed by atoms with E-state index in [9.17, 15) is 9.59 Å². The Morgan fingerprint density at radius 1 is 1.08 bits per heavy atom. The largest absolute Gasteiger partial charge is 0.484 e. The van der Waals surface area contributed by atoms with E-state index in [4.69, 9.17) is 16.3 Å². The SMILES string of the molecule is CCC(=O)Nc1ccc(Cl)c(NC(=O)COc2ccc(Br)cc2)c1. The number of carbonyl (C=O) groups is 2. The molecule has 7 heteroatoms. The van der Waals surface area contributed by atoms with E-state index in [-0.39, 0.29) is 18.4 Å². The van der Waals surface area contributed by atoms with Gasteiger partial charge in [0.1, 0.15) is 5.75 Å². The fourth-order valence-corrected chi connectivity index (χ4v) is 2.24. The van der Waals surface area contributed by atoms with Gasteiger partial charge in [-0.25, -0.2) is 0 Å². The standard InChI is InChI=1S/C17H16BrClN2O3/c1-2-16(22)20-12-5-8-14(19)15(9-12)21-17(23)10-24-13-6-3-11(18)4-7-13/h3-9H,2,10H2,1H3,(H,20,22)(H,21,23). The molecule has 0 heterocycles. The monoisotopic (exact) mass is 410 g/mol. The normalized spacial score (nSPS) is 10.1. The molecule has 24 heavy (non-hydrogen) atoms. The summed E-state index contributed by atoms with van der Waals surface area (Å²) in [5.74, 6) is 0.121. The van der Waals surface area contributed by atoms with Crippen molar-refractivity contribution < 1.29 is 14.3 Å². The van der Waals surface area contributed by atoms with E-state index in [1.807, 2.05) is 12.1 Å². The second kappa shape index (κ2) is 8.70. The third kappa shape index (κ3) is 5.54. The number of carbonyl (C=O) groups excluding carboxylic acids is 2. The highest BCUT2D eigenvalue weighted by Gasteiger charge is 2.09. The summed E-state index contributed by atoms with van der Waals surface area (Å²) in [5, 5.41) is 5.75. The Bertz CT molecular complexity index is 735. The zero-order valence-electron chi connectivity index (χ0n) is 12.9.